The van der Waals surface area contributed by atoms with E-state index in [0.717, 1.165) is 37.1 Å². The van der Waals surface area contributed by atoms with Crippen molar-refractivity contribution in [3.8, 4) is 0 Å². The van der Waals surface area contributed by atoms with E-state index in [4.69, 9.17) is 18.0 Å². The van der Waals surface area contributed by atoms with Gasteiger partial charge in [0.25, 0.3) is 0 Å². The lowest BCUT2D eigenvalue weighted by Gasteiger charge is -2.38. The normalized spacial score (nSPS) is 30.5. The third-order valence-electron chi connectivity index (χ3n) is 4.00. The molecule has 0 spiro atoms. The minimum Gasteiger partial charge on any atom is -0.393 e. The number of thiocarbonyl (C=S) groups is 1. The monoisotopic (exact) mass is 263 g/mol. The highest BCUT2D eigenvalue weighted by Gasteiger charge is 2.41. The van der Waals surface area contributed by atoms with Crippen molar-refractivity contribution in [2.45, 2.75) is 43.9 Å². The maximum atomic E-state index is 9.84. The van der Waals surface area contributed by atoms with E-state index in [1.165, 1.54) is 0 Å². The van der Waals surface area contributed by atoms with Crippen LogP contribution in [0.3, 0.4) is 0 Å². The Balaban J connectivity index is 1.99. The SMILES string of the molecule is NC(=S)c1cccnc1N1C2CCC1CC(O)C2. The molecule has 1 aromatic heterocycles. The summed E-state index contributed by atoms with van der Waals surface area (Å²) in [6.07, 6.45) is 5.50. The summed E-state index contributed by atoms with van der Waals surface area (Å²) in [4.78, 5) is 7.18. The van der Waals surface area contributed by atoms with Gasteiger partial charge in [-0.25, -0.2) is 4.98 Å². The number of aliphatic hydroxyl groups is 1. The molecule has 4 nitrogen and oxygen atoms in total. The Morgan fingerprint density at radius 2 is 2.06 bits per heavy atom. The molecule has 0 amide bonds. The van der Waals surface area contributed by atoms with Crippen molar-refractivity contribution in [2.75, 3.05) is 4.90 Å². The third-order valence-corrected chi connectivity index (χ3v) is 4.22. The Morgan fingerprint density at radius 3 is 2.67 bits per heavy atom. The number of hydrogen-bond acceptors (Lipinski definition) is 4. The number of hydrogen-bond donors (Lipinski definition) is 2. The molecule has 5 heteroatoms. The molecule has 2 aliphatic heterocycles. The van der Waals surface area contributed by atoms with E-state index >= 15 is 0 Å². The molecule has 2 unspecified atom stereocenters. The van der Waals surface area contributed by atoms with Gasteiger partial charge in [0, 0.05) is 18.3 Å². The van der Waals surface area contributed by atoms with Crippen LogP contribution in [0.2, 0.25) is 0 Å². The fourth-order valence-corrected chi connectivity index (χ4v) is 3.45. The Kier molecular flexibility index (Phi) is 2.95. The van der Waals surface area contributed by atoms with Crippen molar-refractivity contribution >= 4 is 23.0 Å². The van der Waals surface area contributed by atoms with Gasteiger partial charge in [0.2, 0.25) is 0 Å². The topological polar surface area (TPSA) is 62.4 Å². The van der Waals surface area contributed by atoms with Crippen LogP contribution in [0.5, 0.6) is 0 Å². The first kappa shape index (κ1) is 11.9. The van der Waals surface area contributed by atoms with E-state index < -0.39 is 0 Å². The number of nitrogens with two attached hydrogens (primary N) is 1. The van der Waals surface area contributed by atoms with E-state index in [1.807, 2.05) is 12.1 Å². The summed E-state index contributed by atoms with van der Waals surface area (Å²) in [5.41, 5.74) is 6.62. The van der Waals surface area contributed by atoms with E-state index in [2.05, 4.69) is 9.88 Å². The zero-order valence-electron chi connectivity index (χ0n) is 10.1. The second-order valence-electron chi connectivity index (χ2n) is 5.16. The molecule has 1 aromatic rings. The number of piperidine rings is 1. The Hall–Kier alpha value is -1.20. The van der Waals surface area contributed by atoms with Crippen molar-refractivity contribution in [2.24, 2.45) is 5.73 Å². The number of fused-ring (bicyclic) bond motifs is 2. The van der Waals surface area contributed by atoms with Crippen LogP contribution in [0.1, 0.15) is 31.2 Å². The van der Waals surface area contributed by atoms with Gasteiger partial charge in [-0.1, -0.05) is 12.2 Å². The molecule has 2 saturated heterocycles. The van der Waals surface area contributed by atoms with Crippen molar-refractivity contribution in [1.29, 1.82) is 0 Å². The molecule has 18 heavy (non-hydrogen) atoms. The number of nitrogens with zero attached hydrogens (tertiary/aromatic N) is 2. The first-order valence-corrected chi connectivity index (χ1v) is 6.79. The summed E-state index contributed by atoms with van der Waals surface area (Å²) >= 11 is 5.10. The van der Waals surface area contributed by atoms with E-state index in [9.17, 15) is 5.11 Å². The second kappa shape index (κ2) is 4.48. The largest absolute Gasteiger partial charge is 0.393 e. The zero-order valence-corrected chi connectivity index (χ0v) is 10.9. The van der Waals surface area contributed by atoms with Gasteiger partial charge in [-0.15, -0.1) is 0 Å². The highest BCUT2D eigenvalue weighted by atomic mass is 32.1. The average Bonchev–Trinajstić information content (AvgIpc) is 2.61. The fourth-order valence-electron chi connectivity index (χ4n) is 3.29. The van der Waals surface area contributed by atoms with Gasteiger partial charge < -0.3 is 15.7 Å². The summed E-state index contributed by atoms with van der Waals surface area (Å²) in [5, 5.41) is 9.84. The molecular weight excluding hydrogens is 246 g/mol. The Bertz CT molecular complexity index is 465. The highest BCUT2D eigenvalue weighted by Crippen LogP contribution is 2.39. The molecule has 2 bridgehead atoms. The van der Waals surface area contributed by atoms with E-state index in [-0.39, 0.29) is 6.10 Å². The smallest absolute Gasteiger partial charge is 0.139 e. The molecule has 2 fully saturated rings. The maximum absolute atomic E-state index is 9.84. The lowest BCUT2D eigenvalue weighted by Crippen LogP contribution is -2.46. The number of anilines is 1. The van der Waals surface area contributed by atoms with Crippen LogP contribution in [-0.4, -0.2) is 33.3 Å². The van der Waals surface area contributed by atoms with Crippen LogP contribution in [0, 0.1) is 0 Å². The lowest BCUT2D eigenvalue weighted by molar-refractivity contribution is 0.126. The van der Waals surface area contributed by atoms with Gasteiger partial charge in [0.1, 0.15) is 10.8 Å². The van der Waals surface area contributed by atoms with Crippen LogP contribution in [0.4, 0.5) is 5.82 Å². The quantitative estimate of drug-likeness (QED) is 0.785. The fraction of sp³-hybridized carbons (Fsp3) is 0.538. The summed E-state index contributed by atoms with van der Waals surface area (Å²) in [5.74, 6) is 0.893. The minimum atomic E-state index is -0.171. The molecule has 0 radical (unpaired) electrons. The van der Waals surface area contributed by atoms with Gasteiger partial charge in [-0.05, 0) is 37.8 Å². The number of rotatable bonds is 2. The summed E-state index contributed by atoms with van der Waals surface area (Å²) in [6, 6.07) is 4.54. The van der Waals surface area contributed by atoms with Crippen molar-refractivity contribution in [3.63, 3.8) is 0 Å². The van der Waals surface area contributed by atoms with Crippen LogP contribution in [0.15, 0.2) is 18.3 Å². The standard InChI is InChI=1S/C13H17N3OS/c14-12(18)11-2-1-5-15-13(11)16-8-3-4-9(16)7-10(17)6-8/h1-2,5,8-10,17H,3-4,6-7H2,(H2,14,18). The Morgan fingerprint density at radius 1 is 1.39 bits per heavy atom. The molecule has 0 aromatic carbocycles. The first-order chi connectivity index (χ1) is 8.66. The Labute approximate surface area is 112 Å². The molecule has 3 heterocycles. The molecule has 96 valence electrons. The molecule has 3 N–H and O–H groups in total. The van der Waals surface area contributed by atoms with Gasteiger partial charge >= 0.3 is 0 Å². The number of pyridine rings is 1. The molecule has 3 rings (SSSR count). The van der Waals surface area contributed by atoms with Crippen molar-refractivity contribution in [1.82, 2.24) is 4.98 Å². The predicted molar refractivity (Wildman–Crippen MR) is 74.7 cm³/mol. The van der Waals surface area contributed by atoms with Crippen LogP contribution >= 0.6 is 12.2 Å². The van der Waals surface area contributed by atoms with Gasteiger partial charge in [0.15, 0.2) is 0 Å². The maximum Gasteiger partial charge on any atom is 0.139 e. The molecule has 2 aliphatic rings. The minimum absolute atomic E-state index is 0.171. The second-order valence-corrected chi connectivity index (χ2v) is 5.60. The van der Waals surface area contributed by atoms with Gasteiger partial charge in [0.05, 0.1) is 11.7 Å². The average molecular weight is 263 g/mol. The molecule has 0 saturated carbocycles. The predicted octanol–water partition coefficient (Wildman–Crippen LogP) is 1.21. The van der Waals surface area contributed by atoms with Gasteiger partial charge in [-0.3, -0.25) is 0 Å². The van der Waals surface area contributed by atoms with E-state index in [0.29, 0.717) is 17.1 Å². The highest BCUT2D eigenvalue weighted by molar-refractivity contribution is 7.80. The zero-order chi connectivity index (χ0) is 12.7. The van der Waals surface area contributed by atoms with E-state index in [1.54, 1.807) is 6.20 Å². The molecule has 0 aliphatic carbocycles. The summed E-state index contributed by atoms with van der Waals surface area (Å²) < 4.78 is 0. The van der Waals surface area contributed by atoms with Crippen LogP contribution < -0.4 is 10.6 Å². The van der Waals surface area contributed by atoms with Crippen LogP contribution in [0.25, 0.3) is 0 Å². The molecular formula is C13H17N3OS. The lowest BCUT2D eigenvalue weighted by atomic mass is 9.99. The van der Waals surface area contributed by atoms with Gasteiger partial charge in [-0.2, -0.15) is 0 Å². The summed E-state index contributed by atoms with van der Waals surface area (Å²) in [7, 11) is 0. The van der Waals surface area contributed by atoms with Crippen molar-refractivity contribution in [3.05, 3.63) is 23.9 Å². The number of aromatic nitrogens is 1. The number of aliphatic hydroxyl groups excluding tert-OH is 1. The van der Waals surface area contributed by atoms with Crippen LogP contribution in [-0.2, 0) is 0 Å². The molecule has 2 atom stereocenters. The summed E-state index contributed by atoms with van der Waals surface area (Å²) in [6.45, 7) is 0. The first-order valence-electron chi connectivity index (χ1n) is 6.38. The van der Waals surface area contributed by atoms with Crippen molar-refractivity contribution < 1.29 is 5.11 Å². The third kappa shape index (κ3) is 1.87.